The Hall–Kier alpha value is -3.75. The molecule has 9 nitrogen and oxygen atoms in total. The summed E-state index contributed by atoms with van der Waals surface area (Å²) in [6.45, 7) is 0. The first-order valence-electron chi connectivity index (χ1n) is 7.17. The summed E-state index contributed by atoms with van der Waals surface area (Å²) in [4.78, 5) is 22.8. The molecule has 0 aliphatic heterocycles. The van der Waals surface area contributed by atoms with Crippen molar-refractivity contribution < 1.29 is 14.4 Å². The van der Waals surface area contributed by atoms with Gasteiger partial charge in [0.15, 0.2) is 11.5 Å². The maximum atomic E-state index is 11.5. The van der Waals surface area contributed by atoms with E-state index in [0.717, 1.165) is 0 Å². The third-order valence-corrected chi connectivity index (χ3v) is 3.16. The molecule has 0 unspecified atom stereocenters. The number of benzene rings is 1. The summed E-state index contributed by atoms with van der Waals surface area (Å²) in [7, 11) is 1.48. The van der Waals surface area contributed by atoms with Crippen LogP contribution < -0.4 is 14.8 Å². The molecular formula is C16H13N5O4. The molecule has 0 spiro atoms. The summed E-state index contributed by atoms with van der Waals surface area (Å²) in [5.41, 5.74) is -0.404. The van der Waals surface area contributed by atoms with Gasteiger partial charge >= 0.3 is 11.6 Å². The van der Waals surface area contributed by atoms with Gasteiger partial charge in [-0.15, -0.1) is 0 Å². The van der Waals surface area contributed by atoms with Crippen LogP contribution in [0, 0.1) is 10.1 Å². The topological polar surface area (TPSA) is 112 Å². The monoisotopic (exact) mass is 339 g/mol. The summed E-state index contributed by atoms with van der Waals surface area (Å²) in [6, 6.07) is 11.9. The van der Waals surface area contributed by atoms with Gasteiger partial charge in [0, 0.05) is 6.20 Å². The molecule has 0 amide bonds. The average molecular weight is 339 g/mol. The van der Waals surface area contributed by atoms with E-state index >= 15 is 0 Å². The van der Waals surface area contributed by atoms with Crippen molar-refractivity contribution in [1.82, 2.24) is 15.0 Å². The Balaban J connectivity index is 1.99. The number of anilines is 2. The minimum atomic E-state index is -0.615. The number of rotatable bonds is 6. The van der Waals surface area contributed by atoms with Crippen LogP contribution in [0.1, 0.15) is 0 Å². The molecule has 0 bridgehead atoms. The number of nitrogens with one attached hydrogen (secondary N) is 1. The number of ether oxygens (including phenoxy) is 2. The van der Waals surface area contributed by atoms with E-state index in [-0.39, 0.29) is 11.7 Å². The van der Waals surface area contributed by atoms with Gasteiger partial charge < -0.3 is 14.8 Å². The highest BCUT2D eigenvalue weighted by Gasteiger charge is 2.26. The molecule has 0 fully saturated rings. The van der Waals surface area contributed by atoms with E-state index in [0.29, 0.717) is 17.3 Å². The molecule has 9 heteroatoms. The highest BCUT2D eigenvalue weighted by molar-refractivity contribution is 5.67. The number of nitrogens with zero attached hydrogens (tertiary/aromatic N) is 4. The van der Waals surface area contributed by atoms with Crippen LogP contribution in [0.5, 0.6) is 17.4 Å². The van der Waals surface area contributed by atoms with Crippen LogP contribution in [-0.2, 0) is 0 Å². The molecule has 126 valence electrons. The summed E-state index contributed by atoms with van der Waals surface area (Å²) in [5.74, 6) is 0.907. The largest absolute Gasteiger partial charge is 0.493 e. The second kappa shape index (κ2) is 7.21. The van der Waals surface area contributed by atoms with E-state index in [1.807, 2.05) is 0 Å². The molecule has 0 radical (unpaired) electrons. The van der Waals surface area contributed by atoms with Crippen molar-refractivity contribution in [2.45, 2.75) is 0 Å². The van der Waals surface area contributed by atoms with Gasteiger partial charge in [-0.05, 0) is 24.3 Å². The third-order valence-electron chi connectivity index (χ3n) is 3.16. The first-order valence-corrected chi connectivity index (χ1v) is 7.17. The predicted molar refractivity (Wildman–Crippen MR) is 89.3 cm³/mol. The smallest absolute Gasteiger partial charge is 0.373 e. The van der Waals surface area contributed by atoms with E-state index < -0.39 is 10.6 Å². The molecule has 2 aromatic heterocycles. The number of aromatic nitrogens is 3. The van der Waals surface area contributed by atoms with Gasteiger partial charge in [0.2, 0.25) is 5.82 Å². The Kier molecular flexibility index (Phi) is 4.65. The van der Waals surface area contributed by atoms with Gasteiger partial charge in [0.1, 0.15) is 12.1 Å². The lowest BCUT2D eigenvalue weighted by Crippen LogP contribution is -2.04. The number of pyridine rings is 1. The molecule has 0 aliphatic rings. The highest BCUT2D eigenvalue weighted by atomic mass is 16.6. The van der Waals surface area contributed by atoms with Gasteiger partial charge in [-0.1, -0.05) is 18.2 Å². The Morgan fingerprint density at radius 1 is 1.04 bits per heavy atom. The van der Waals surface area contributed by atoms with Crippen molar-refractivity contribution >= 4 is 17.3 Å². The SMILES string of the molecule is COc1ccccc1Oc1ncnc(Nc2ccccn2)c1[N+](=O)[O-]. The minimum Gasteiger partial charge on any atom is -0.493 e. The van der Waals surface area contributed by atoms with E-state index in [4.69, 9.17) is 9.47 Å². The molecule has 1 aromatic carbocycles. The fourth-order valence-corrected chi connectivity index (χ4v) is 2.06. The van der Waals surface area contributed by atoms with Gasteiger partial charge in [-0.2, -0.15) is 4.98 Å². The van der Waals surface area contributed by atoms with Crippen molar-refractivity contribution in [3.05, 3.63) is 65.1 Å². The lowest BCUT2D eigenvalue weighted by molar-refractivity contribution is -0.385. The van der Waals surface area contributed by atoms with Crippen LogP contribution in [-0.4, -0.2) is 27.0 Å². The molecule has 3 rings (SSSR count). The first-order chi connectivity index (χ1) is 12.2. The number of para-hydroxylation sites is 2. The van der Waals surface area contributed by atoms with Crippen molar-refractivity contribution in [3.63, 3.8) is 0 Å². The van der Waals surface area contributed by atoms with Crippen LogP contribution in [0.2, 0.25) is 0 Å². The van der Waals surface area contributed by atoms with Crippen molar-refractivity contribution in [2.75, 3.05) is 12.4 Å². The van der Waals surface area contributed by atoms with E-state index in [1.54, 1.807) is 48.7 Å². The number of hydrogen-bond acceptors (Lipinski definition) is 8. The predicted octanol–water partition coefficient (Wildman–Crippen LogP) is 3.32. The molecule has 0 atom stereocenters. The van der Waals surface area contributed by atoms with E-state index in [2.05, 4.69) is 20.3 Å². The molecule has 2 heterocycles. The molecule has 0 saturated carbocycles. The van der Waals surface area contributed by atoms with E-state index in [1.165, 1.54) is 13.4 Å². The van der Waals surface area contributed by atoms with Gasteiger partial charge in [-0.3, -0.25) is 10.1 Å². The summed E-state index contributed by atoms with van der Waals surface area (Å²) >= 11 is 0. The molecular weight excluding hydrogens is 326 g/mol. The Morgan fingerprint density at radius 2 is 1.80 bits per heavy atom. The third kappa shape index (κ3) is 3.61. The Bertz CT molecular complexity index is 889. The second-order valence-electron chi connectivity index (χ2n) is 4.73. The van der Waals surface area contributed by atoms with Crippen molar-refractivity contribution in [1.29, 1.82) is 0 Å². The summed E-state index contributed by atoms with van der Waals surface area (Å²) in [6.07, 6.45) is 2.73. The van der Waals surface area contributed by atoms with Crippen LogP contribution in [0.25, 0.3) is 0 Å². The van der Waals surface area contributed by atoms with Crippen LogP contribution in [0.3, 0.4) is 0 Å². The minimum absolute atomic E-state index is 0.0244. The molecule has 3 aromatic rings. The molecule has 25 heavy (non-hydrogen) atoms. The van der Waals surface area contributed by atoms with Crippen LogP contribution in [0.4, 0.5) is 17.3 Å². The van der Waals surface area contributed by atoms with Gasteiger partial charge in [-0.25, -0.2) is 9.97 Å². The lowest BCUT2D eigenvalue weighted by atomic mass is 10.3. The maximum absolute atomic E-state index is 11.5. The quantitative estimate of drug-likeness (QED) is 0.537. The van der Waals surface area contributed by atoms with Crippen molar-refractivity contribution in [2.24, 2.45) is 0 Å². The zero-order chi connectivity index (χ0) is 17.6. The highest BCUT2D eigenvalue weighted by Crippen LogP contribution is 2.37. The number of nitro groups is 1. The average Bonchev–Trinajstić information content (AvgIpc) is 2.63. The molecule has 0 saturated heterocycles. The fourth-order valence-electron chi connectivity index (χ4n) is 2.06. The van der Waals surface area contributed by atoms with Crippen LogP contribution in [0.15, 0.2) is 55.0 Å². The standard InChI is InChI=1S/C16H13N5O4/c1-24-11-6-2-3-7-12(11)25-16-14(21(22)23)15(18-10-19-16)20-13-8-4-5-9-17-13/h2-10H,1H3,(H,17,18,19,20). The summed E-state index contributed by atoms with van der Waals surface area (Å²) < 4.78 is 10.8. The summed E-state index contributed by atoms with van der Waals surface area (Å²) in [5, 5.41) is 14.3. The Labute approximate surface area is 142 Å². The van der Waals surface area contributed by atoms with Gasteiger partial charge in [0.25, 0.3) is 0 Å². The Morgan fingerprint density at radius 3 is 2.48 bits per heavy atom. The van der Waals surface area contributed by atoms with E-state index in [9.17, 15) is 10.1 Å². The van der Waals surface area contributed by atoms with Crippen LogP contribution >= 0.6 is 0 Å². The molecule has 0 aliphatic carbocycles. The van der Waals surface area contributed by atoms with Crippen molar-refractivity contribution in [3.8, 4) is 17.4 Å². The van der Waals surface area contributed by atoms with Gasteiger partial charge in [0.05, 0.1) is 12.0 Å². The normalized spacial score (nSPS) is 10.1. The zero-order valence-electron chi connectivity index (χ0n) is 13.1. The number of hydrogen-bond donors (Lipinski definition) is 1. The number of methoxy groups -OCH3 is 1. The second-order valence-corrected chi connectivity index (χ2v) is 4.73. The fraction of sp³-hybridized carbons (Fsp3) is 0.0625. The maximum Gasteiger partial charge on any atom is 0.373 e. The molecule has 1 N–H and O–H groups in total. The lowest BCUT2D eigenvalue weighted by Gasteiger charge is -2.11. The zero-order valence-corrected chi connectivity index (χ0v) is 13.1. The first kappa shape index (κ1) is 16.1.